The van der Waals surface area contributed by atoms with E-state index in [1.807, 2.05) is 30.1 Å². The minimum absolute atomic E-state index is 0.164. The van der Waals surface area contributed by atoms with Crippen molar-refractivity contribution in [3.8, 4) is 5.75 Å². The van der Waals surface area contributed by atoms with E-state index in [4.69, 9.17) is 16.3 Å². The van der Waals surface area contributed by atoms with Gasteiger partial charge in [-0.3, -0.25) is 9.69 Å². The average Bonchev–Trinajstić information content (AvgIpc) is 2.56. The summed E-state index contributed by atoms with van der Waals surface area (Å²) < 4.78 is 19.4. The lowest BCUT2D eigenvalue weighted by molar-refractivity contribution is -0.120. The standard InChI is InChI=1S/C18H19BrClFN2O2/c1-11(18(24)22-16-6-5-14(21)9-15(16)20)23(2)10-12-8-13(19)4-7-17(12)25-3/h4-9,11H,10H2,1-3H3,(H,22,24). The first-order chi connectivity index (χ1) is 11.8. The second-order valence-electron chi connectivity index (χ2n) is 5.66. The van der Waals surface area contributed by atoms with E-state index >= 15 is 0 Å². The van der Waals surface area contributed by atoms with E-state index in [1.165, 1.54) is 12.1 Å². The monoisotopic (exact) mass is 428 g/mol. The molecule has 0 aromatic heterocycles. The molecule has 0 aliphatic heterocycles. The van der Waals surface area contributed by atoms with Crippen LogP contribution in [0.25, 0.3) is 0 Å². The summed E-state index contributed by atoms with van der Waals surface area (Å²) in [6, 6.07) is 9.16. The highest BCUT2D eigenvalue weighted by Gasteiger charge is 2.20. The molecule has 0 bridgehead atoms. The van der Waals surface area contributed by atoms with Gasteiger partial charge in [0, 0.05) is 16.6 Å². The molecule has 1 unspecified atom stereocenters. The molecule has 2 aromatic carbocycles. The SMILES string of the molecule is COc1ccc(Br)cc1CN(C)C(C)C(=O)Nc1ccc(F)cc1Cl. The van der Waals surface area contributed by atoms with Gasteiger partial charge in [-0.25, -0.2) is 4.39 Å². The van der Waals surface area contributed by atoms with Crippen molar-refractivity contribution in [1.82, 2.24) is 4.90 Å². The highest BCUT2D eigenvalue weighted by molar-refractivity contribution is 9.10. The highest BCUT2D eigenvalue weighted by Crippen LogP contribution is 2.25. The molecule has 0 spiro atoms. The van der Waals surface area contributed by atoms with E-state index in [-0.39, 0.29) is 10.9 Å². The van der Waals surface area contributed by atoms with Crippen molar-refractivity contribution in [2.45, 2.75) is 19.5 Å². The summed E-state index contributed by atoms with van der Waals surface area (Å²) in [4.78, 5) is 14.3. The van der Waals surface area contributed by atoms with Gasteiger partial charge >= 0.3 is 0 Å². The molecule has 0 aliphatic rings. The molecule has 2 rings (SSSR count). The molecular weight excluding hydrogens is 411 g/mol. The van der Waals surface area contributed by atoms with E-state index in [1.54, 1.807) is 14.0 Å². The summed E-state index contributed by atoms with van der Waals surface area (Å²) in [5.74, 6) is 0.0733. The molecular formula is C18H19BrClFN2O2. The van der Waals surface area contributed by atoms with Gasteiger partial charge in [0.2, 0.25) is 5.91 Å². The zero-order valence-electron chi connectivity index (χ0n) is 14.1. The fourth-order valence-electron chi connectivity index (χ4n) is 2.30. The molecule has 0 fully saturated rings. The summed E-state index contributed by atoms with van der Waals surface area (Å²) in [6.07, 6.45) is 0. The topological polar surface area (TPSA) is 41.6 Å². The summed E-state index contributed by atoms with van der Waals surface area (Å²) in [6.45, 7) is 2.31. The van der Waals surface area contributed by atoms with Crippen molar-refractivity contribution in [1.29, 1.82) is 0 Å². The first kappa shape index (κ1) is 19.7. The van der Waals surface area contributed by atoms with Crippen LogP contribution in [0, 0.1) is 5.82 Å². The molecule has 25 heavy (non-hydrogen) atoms. The number of nitrogens with zero attached hydrogens (tertiary/aromatic N) is 1. The molecule has 0 heterocycles. The number of hydrogen-bond donors (Lipinski definition) is 1. The average molecular weight is 430 g/mol. The summed E-state index contributed by atoms with van der Waals surface area (Å²) in [5.41, 5.74) is 1.34. The van der Waals surface area contributed by atoms with Crippen LogP contribution >= 0.6 is 27.5 Å². The number of amides is 1. The molecule has 0 radical (unpaired) electrons. The number of anilines is 1. The van der Waals surface area contributed by atoms with Crippen LogP contribution in [-0.2, 0) is 11.3 Å². The zero-order valence-corrected chi connectivity index (χ0v) is 16.5. The number of carbonyl (C=O) groups excluding carboxylic acids is 1. The molecule has 0 aliphatic carbocycles. The lowest BCUT2D eigenvalue weighted by atomic mass is 10.1. The second-order valence-corrected chi connectivity index (χ2v) is 6.98. The van der Waals surface area contributed by atoms with Crippen LogP contribution in [0.15, 0.2) is 40.9 Å². The van der Waals surface area contributed by atoms with Crippen LogP contribution < -0.4 is 10.1 Å². The number of ether oxygens (including phenoxy) is 1. The van der Waals surface area contributed by atoms with Crippen molar-refractivity contribution in [3.63, 3.8) is 0 Å². The Morgan fingerprint density at radius 1 is 1.36 bits per heavy atom. The van der Waals surface area contributed by atoms with E-state index in [9.17, 15) is 9.18 Å². The van der Waals surface area contributed by atoms with Crippen molar-refractivity contribution in [2.24, 2.45) is 0 Å². The number of methoxy groups -OCH3 is 1. The van der Waals surface area contributed by atoms with Gasteiger partial charge in [0.05, 0.1) is 23.9 Å². The Kier molecular flexibility index (Phi) is 6.81. The maximum absolute atomic E-state index is 13.1. The summed E-state index contributed by atoms with van der Waals surface area (Å²) in [5, 5.41) is 2.89. The van der Waals surface area contributed by atoms with Crippen molar-refractivity contribution in [2.75, 3.05) is 19.5 Å². The first-order valence-corrected chi connectivity index (χ1v) is 8.77. The number of nitrogens with one attached hydrogen (secondary N) is 1. The smallest absolute Gasteiger partial charge is 0.241 e. The minimum atomic E-state index is -0.449. The fourth-order valence-corrected chi connectivity index (χ4v) is 2.93. The third-order valence-electron chi connectivity index (χ3n) is 3.89. The van der Waals surface area contributed by atoms with Crippen LogP contribution in [0.1, 0.15) is 12.5 Å². The van der Waals surface area contributed by atoms with Gasteiger partial charge in [-0.1, -0.05) is 27.5 Å². The van der Waals surface area contributed by atoms with Crippen LogP contribution in [-0.4, -0.2) is 31.0 Å². The second kappa shape index (κ2) is 8.65. The molecule has 1 amide bonds. The zero-order chi connectivity index (χ0) is 18.6. The van der Waals surface area contributed by atoms with E-state index in [0.29, 0.717) is 12.2 Å². The predicted octanol–water partition coefficient (Wildman–Crippen LogP) is 4.71. The first-order valence-electron chi connectivity index (χ1n) is 7.60. The largest absolute Gasteiger partial charge is 0.496 e. The van der Waals surface area contributed by atoms with E-state index < -0.39 is 11.9 Å². The van der Waals surface area contributed by atoms with Gasteiger partial charge in [0.25, 0.3) is 0 Å². The summed E-state index contributed by atoms with van der Waals surface area (Å²) in [7, 11) is 3.45. The number of likely N-dealkylation sites (N-methyl/N-ethyl adjacent to an activating group) is 1. The Labute approximate surface area is 160 Å². The maximum atomic E-state index is 13.1. The van der Waals surface area contributed by atoms with Gasteiger partial charge in [-0.2, -0.15) is 0 Å². The Balaban J connectivity index is 2.07. The molecule has 7 heteroatoms. The van der Waals surface area contributed by atoms with Crippen LogP contribution in [0.3, 0.4) is 0 Å². The van der Waals surface area contributed by atoms with Gasteiger partial charge in [-0.05, 0) is 50.4 Å². The minimum Gasteiger partial charge on any atom is -0.496 e. The molecule has 1 atom stereocenters. The molecule has 0 saturated carbocycles. The van der Waals surface area contributed by atoms with E-state index in [2.05, 4.69) is 21.2 Å². The van der Waals surface area contributed by atoms with Crippen molar-refractivity contribution < 1.29 is 13.9 Å². The number of halogens is 3. The number of benzene rings is 2. The Hall–Kier alpha value is -1.63. The predicted molar refractivity (Wildman–Crippen MR) is 102 cm³/mol. The van der Waals surface area contributed by atoms with Gasteiger partial charge in [-0.15, -0.1) is 0 Å². The van der Waals surface area contributed by atoms with Gasteiger partial charge < -0.3 is 10.1 Å². The van der Waals surface area contributed by atoms with Crippen LogP contribution in [0.2, 0.25) is 5.02 Å². The van der Waals surface area contributed by atoms with Gasteiger partial charge in [0.15, 0.2) is 0 Å². The van der Waals surface area contributed by atoms with Crippen LogP contribution in [0.4, 0.5) is 10.1 Å². The molecule has 2 aromatic rings. The Morgan fingerprint density at radius 3 is 2.72 bits per heavy atom. The highest BCUT2D eigenvalue weighted by atomic mass is 79.9. The quantitative estimate of drug-likeness (QED) is 0.723. The molecule has 0 saturated heterocycles. The Morgan fingerprint density at radius 2 is 2.08 bits per heavy atom. The summed E-state index contributed by atoms with van der Waals surface area (Å²) >= 11 is 9.40. The maximum Gasteiger partial charge on any atom is 0.241 e. The Bertz CT molecular complexity index is 773. The molecule has 1 N–H and O–H groups in total. The third-order valence-corrected chi connectivity index (χ3v) is 4.70. The van der Waals surface area contributed by atoms with Crippen LogP contribution in [0.5, 0.6) is 5.75 Å². The van der Waals surface area contributed by atoms with E-state index in [0.717, 1.165) is 21.9 Å². The number of hydrogen-bond acceptors (Lipinski definition) is 3. The lowest BCUT2D eigenvalue weighted by Crippen LogP contribution is -2.39. The molecule has 134 valence electrons. The normalized spacial score (nSPS) is 12.1. The number of carbonyl (C=O) groups is 1. The van der Waals surface area contributed by atoms with Crippen molar-refractivity contribution >= 4 is 39.1 Å². The fraction of sp³-hybridized carbons (Fsp3) is 0.278. The van der Waals surface area contributed by atoms with Gasteiger partial charge in [0.1, 0.15) is 11.6 Å². The molecule has 4 nitrogen and oxygen atoms in total. The third kappa shape index (κ3) is 5.17. The number of rotatable bonds is 6. The lowest BCUT2D eigenvalue weighted by Gasteiger charge is -2.25. The van der Waals surface area contributed by atoms with Crippen molar-refractivity contribution in [3.05, 3.63) is 57.3 Å².